The van der Waals surface area contributed by atoms with Gasteiger partial charge in [0.05, 0.1) is 10.6 Å². The Kier molecular flexibility index (Phi) is 4.55. The van der Waals surface area contributed by atoms with Crippen molar-refractivity contribution >= 4 is 17.3 Å². The van der Waals surface area contributed by atoms with Crippen LogP contribution in [0, 0.1) is 0 Å². The molecular formula is C15H13ClF3N. The van der Waals surface area contributed by atoms with Gasteiger partial charge in [-0.25, -0.2) is 0 Å². The third kappa shape index (κ3) is 3.90. The van der Waals surface area contributed by atoms with Gasteiger partial charge in [0.15, 0.2) is 0 Å². The summed E-state index contributed by atoms with van der Waals surface area (Å²) in [6, 6.07) is 13.6. The van der Waals surface area contributed by atoms with Crippen molar-refractivity contribution in [1.29, 1.82) is 0 Å². The van der Waals surface area contributed by atoms with Gasteiger partial charge in [-0.2, -0.15) is 13.2 Å². The zero-order chi connectivity index (χ0) is 14.6. The summed E-state index contributed by atoms with van der Waals surface area (Å²) in [4.78, 5) is 0. The van der Waals surface area contributed by atoms with E-state index >= 15 is 0 Å². The maximum atomic E-state index is 12.7. The number of benzene rings is 2. The Morgan fingerprint density at radius 3 is 2.35 bits per heavy atom. The lowest BCUT2D eigenvalue weighted by molar-refractivity contribution is -0.137. The first-order chi connectivity index (χ1) is 9.47. The minimum atomic E-state index is -4.44. The summed E-state index contributed by atoms with van der Waals surface area (Å²) in [5.41, 5.74) is 0.728. The van der Waals surface area contributed by atoms with Gasteiger partial charge in [-0.05, 0) is 30.2 Å². The van der Waals surface area contributed by atoms with E-state index in [9.17, 15) is 13.2 Å². The van der Waals surface area contributed by atoms with Crippen LogP contribution in [-0.2, 0) is 12.6 Å². The molecule has 106 valence electrons. The minimum Gasteiger partial charge on any atom is -0.385 e. The normalized spacial score (nSPS) is 11.4. The predicted octanol–water partition coefficient (Wildman–Crippen LogP) is 5.01. The van der Waals surface area contributed by atoms with Crippen molar-refractivity contribution in [3.63, 3.8) is 0 Å². The Morgan fingerprint density at radius 1 is 1.00 bits per heavy atom. The standard InChI is InChI=1S/C15H13ClF3N/c16-14-7-6-12(10-13(14)15(17,18)19)20-9-8-11-4-2-1-3-5-11/h1-7,10,20H,8-9H2. The summed E-state index contributed by atoms with van der Waals surface area (Å²) in [6.45, 7) is 0.558. The predicted molar refractivity (Wildman–Crippen MR) is 75.1 cm³/mol. The first-order valence-corrected chi connectivity index (χ1v) is 6.49. The van der Waals surface area contributed by atoms with Gasteiger partial charge >= 0.3 is 6.18 Å². The highest BCUT2D eigenvalue weighted by Crippen LogP contribution is 2.36. The third-order valence-corrected chi connectivity index (χ3v) is 3.19. The van der Waals surface area contributed by atoms with Gasteiger partial charge in [-0.15, -0.1) is 0 Å². The van der Waals surface area contributed by atoms with E-state index in [0.717, 1.165) is 18.1 Å². The monoisotopic (exact) mass is 299 g/mol. The van der Waals surface area contributed by atoms with Crippen molar-refractivity contribution in [3.8, 4) is 0 Å². The molecule has 0 atom stereocenters. The molecule has 0 saturated heterocycles. The summed E-state index contributed by atoms with van der Waals surface area (Å²) in [7, 11) is 0. The molecule has 2 aromatic carbocycles. The molecule has 1 N–H and O–H groups in total. The third-order valence-electron chi connectivity index (χ3n) is 2.86. The molecule has 20 heavy (non-hydrogen) atoms. The van der Waals surface area contributed by atoms with E-state index in [0.29, 0.717) is 12.2 Å². The average molecular weight is 300 g/mol. The second-order valence-corrected chi connectivity index (χ2v) is 4.76. The van der Waals surface area contributed by atoms with E-state index in [1.165, 1.54) is 6.07 Å². The van der Waals surface area contributed by atoms with E-state index in [4.69, 9.17) is 11.6 Å². The molecule has 0 heterocycles. The van der Waals surface area contributed by atoms with Crippen LogP contribution < -0.4 is 5.32 Å². The van der Waals surface area contributed by atoms with Crippen LogP contribution in [0.1, 0.15) is 11.1 Å². The Labute approximate surface area is 120 Å². The van der Waals surface area contributed by atoms with Crippen molar-refractivity contribution in [3.05, 3.63) is 64.7 Å². The molecule has 0 bridgehead atoms. The largest absolute Gasteiger partial charge is 0.417 e. The fraction of sp³-hybridized carbons (Fsp3) is 0.200. The first-order valence-electron chi connectivity index (χ1n) is 6.11. The van der Waals surface area contributed by atoms with Gasteiger partial charge in [-0.1, -0.05) is 41.9 Å². The molecule has 1 nitrogen and oxygen atoms in total. The van der Waals surface area contributed by atoms with Crippen molar-refractivity contribution in [2.75, 3.05) is 11.9 Å². The smallest absolute Gasteiger partial charge is 0.385 e. The SMILES string of the molecule is FC(F)(F)c1cc(NCCc2ccccc2)ccc1Cl. The van der Waals surface area contributed by atoms with Crippen molar-refractivity contribution in [1.82, 2.24) is 0 Å². The molecule has 0 aliphatic heterocycles. The summed E-state index contributed by atoms with van der Waals surface area (Å²) in [5.74, 6) is 0. The molecule has 0 saturated carbocycles. The zero-order valence-corrected chi connectivity index (χ0v) is 11.3. The number of hydrogen-bond donors (Lipinski definition) is 1. The van der Waals surface area contributed by atoms with E-state index in [1.54, 1.807) is 6.07 Å². The summed E-state index contributed by atoms with van der Waals surface area (Å²) in [6.07, 6.45) is -3.70. The van der Waals surface area contributed by atoms with Crippen molar-refractivity contribution in [2.24, 2.45) is 0 Å². The van der Waals surface area contributed by atoms with E-state index in [1.807, 2.05) is 30.3 Å². The minimum absolute atomic E-state index is 0.286. The van der Waals surface area contributed by atoms with Gasteiger partial charge in [0, 0.05) is 12.2 Å². The molecule has 0 amide bonds. The average Bonchev–Trinajstić information content (AvgIpc) is 2.40. The van der Waals surface area contributed by atoms with Crippen LogP contribution in [0.3, 0.4) is 0 Å². The lowest BCUT2D eigenvalue weighted by atomic mass is 10.1. The Bertz CT molecular complexity index is 567. The Balaban J connectivity index is 2.00. The molecule has 0 aromatic heterocycles. The quantitative estimate of drug-likeness (QED) is 0.836. The lowest BCUT2D eigenvalue weighted by Gasteiger charge is -2.12. The lowest BCUT2D eigenvalue weighted by Crippen LogP contribution is -2.09. The molecule has 5 heteroatoms. The number of nitrogens with one attached hydrogen (secondary N) is 1. The first kappa shape index (κ1) is 14.7. The molecule has 2 aromatic rings. The van der Waals surface area contributed by atoms with Crippen molar-refractivity contribution in [2.45, 2.75) is 12.6 Å². The molecule has 0 aliphatic carbocycles. The molecule has 0 radical (unpaired) electrons. The zero-order valence-electron chi connectivity index (χ0n) is 10.5. The van der Waals surface area contributed by atoms with Gasteiger partial charge in [0.2, 0.25) is 0 Å². The van der Waals surface area contributed by atoms with Crippen LogP contribution in [0.4, 0.5) is 18.9 Å². The van der Waals surface area contributed by atoms with Crippen LogP contribution in [-0.4, -0.2) is 6.54 Å². The number of alkyl halides is 3. The molecular weight excluding hydrogens is 287 g/mol. The number of anilines is 1. The van der Waals surface area contributed by atoms with E-state index in [-0.39, 0.29) is 5.02 Å². The summed E-state index contributed by atoms with van der Waals surface area (Å²) >= 11 is 5.56. The fourth-order valence-corrected chi connectivity index (χ4v) is 2.07. The second kappa shape index (κ2) is 6.18. The Hall–Kier alpha value is -1.68. The highest BCUT2D eigenvalue weighted by atomic mass is 35.5. The number of rotatable bonds is 4. The highest BCUT2D eigenvalue weighted by molar-refractivity contribution is 6.31. The van der Waals surface area contributed by atoms with Gasteiger partial charge in [-0.3, -0.25) is 0 Å². The van der Waals surface area contributed by atoms with E-state index < -0.39 is 11.7 Å². The summed E-state index contributed by atoms with van der Waals surface area (Å²) in [5, 5.41) is 2.69. The maximum Gasteiger partial charge on any atom is 0.417 e. The van der Waals surface area contributed by atoms with E-state index in [2.05, 4.69) is 5.32 Å². The van der Waals surface area contributed by atoms with Crippen molar-refractivity contribution < 1.29 is 13.2 Å². The molecule has 0 spiro atoms. The highest BCUT2D eigenvalue weighted by Gasteiger charge is 2.33. The summed E-state index contributed by atoms with van der Waals surface area (Å²) < 4.78 is 38.1. The fourth-order valence-electron chi connectivity index (χ4n) is 1.85. The molecule has 0 aliphatic rings. The van der Waals surface area contributed by atoms with Gasteiger partial charge < -0.3 is 5.32 Å². The topological polar surface area (TPSA) is 12.0 Å². The molecule has 0 unspecified atom stereocenters. The second-order valence-electron chi connectivity index (χ2n) is 4.35. The van der Waals surface area contributed by atoms with Crippen LogP contribution in [0.25, 0.3) is 0 Å². The number of halogens is 4. The van der Waals surface area contributed by atoms with Gasteiger partial charge in [0.25, 0.3) is 0 Å². The maximum absolute atomic E-state index is 12.7. The van der Waals surface area contributed by atoms with Crippen LogP contribution in [0.5, 0.6) is 0 Å². The van der Waals surface area contributed by atoms with Crippen LogP contribution in [0.2, 0.25) is 5.02 Å². The van der Waals surface area contributed by atoms with Crippen LogP contribution >= 0.6 is 11.6 Å². The van der Waals surface area contributed by atoms with Gasteiger partial charge in [0.1, 0.15) is 0 Å². The molecule has 0 fully saturated rings. The molecule has 2 rings (SSSR count). The Morgan fingerprint density at radius 2 is 1.70 bits per heavy atom. The van der Waals surface area contributed by atoms with Crippen LogP contribution in [0.15, 0.2) is 48.5 Å². The number of hydrogen-bond acceptors (Lipinski definition) is 1.